The molecule has 1 fully saturated rings. The molecule has 2 atom stereocenters. The lowest BCUT2D eigenvalue weighted by Gasteiger charge is -2.35. The summed E-state index contributed by atoms with van der Waals surface area (Å²) in [4.78, 5) is 13.6. The molecule has 1 aromatic rings. The number of amides is 1. The first-order valence-electron chi connectivity index (χ1n) is 7.33. The first-order chi connectivity index (χ1) is 9.56. The van der Waals surface area contributed by atoms with Crippen LogP contribution in [-0.4, -0.2) is 37.0 Å². The number of nitrogens with one attached hydrogen (secondary N) is 2. The minimum Gasteiger partial charge on any atom is -0.326 e. The monoisotopic (exact) mass is 275 g/mol. The third-order valence-electron chi connectivity index (χ3n) is 3.99. The van der Waals surface area contributed by atoms with Gasteiger partial charge in [0.1, 0.15) is 0 Å². The number of carbonyl (C=O) groups is 1. The molecule has 2 unspecified atom stereocenters. The van der Waals surface area contributed by atoms with Crippen LogP contribution in [-0.2, 0) is 11.3 Å². The summed E-state index contributed by atoms with van der Waals surface area (Å²) >= 11 is 0. The van der Waals surface area contributed by atoms with E-state index in [0.717, 1.165) is 30.9 Å². The number of para-hydroxylation sites is 1. The summed E-state index contributed by atoms with van der Waals surface area (Å²) in [6.45, 7) is 6.94. The van der Waals surface area contributed by atoms with Crippen LogP contribution in [0, 0.1) is 5.92 Å². The molecular formula is C16H25N3O. The van der Waals surface area contributed by atoms with Gasteiger partial charge in [0, 0.05) is 31.7 Å². The number of benzene rings is 1. The highest BCUT2D eigenvalue weighted by molar-refractivity contribution is 5.89. The van der Waals surface area contributed by atoms with E-state index in [1.165, 1.54) is 6.42 Å². The van der Waals surface area contributed by atoms with E-state index >= 15 is 0 Å². The fourth-order valence-electron chi connectivity index (χ4n) is 2.88. The van der Waals surface area contributed by atoms with Gasteiger partial charge in [-0.1, -0.05) is 25.1 Å². The summed E-state index contributed by atoms with van der Waals surface area (Å²) in [5, 5.41) is 6.54. The number of hydrogen-bond donors (Lipinski definition) is 2. The number of piperidine rings is 1. The number of hydrogen-bond acceptors (Lipinski definition) is 3. The molecule has 1 aliphatic rings. The highest BCUT2D eigenvalue weighted by Gasteiger charge is 2.23. The molecule has 1 aliphatic heterocycles. The molecule has 0 aromatic heterocycles. The fraction of sp³-hybridized carbons (Fsp3) is 0.562. The second-order valence-corrected chi connectivity index (χ2v) is 5.85. The molecule has 2 rings (SSSR count). The van der Waals surface area contributed by atoms with Crippen LogP contribution in [0.25, 0.3) is 0 Å². The largest absolute Gasteiger partial charge is 0.326 e. The van der Waals surface area contributed by atoms with Gasteiger partial charge in [-0.25, -0.2) is 0 Å². The molecule has 1 saturated heterocycles. The average Bonchev–Trinajstić information content (AvgIpc) is 2.39. The van der Waals surface area contributed by atoms with Crippen molar-refractivity contribution in [2.45, 2.75) is 32.9 Å². The Balaban J connectivity index is 1.95. The standard InChI is InChI=1S/C16H25N3O/c1-12-11-19(3)9-8-15(12)17-10-14-6-4-5-7-16(14)18-13(2)20/h4-7,12,15,17H,8-11H2,1-3H3,(H,18,20). The van der Waals surface area contributed by atoms with Crippen molar-refractivity contribution in [3.05, 3.63) is 29.8 Å². The third-order valence-corrected chi connectivity index (χ3v) is 3.99. The Morgan fingerprint density at radius 2 is 2.15 bits per heavy atom. The van der Waals surface area contributed by atoms with Gasteiger partial charge in [0.05, 0.1) is 0 Å². The molecule has 0 saturated carbocycles. The van der Waals surface area contributed by atoms with Gasteiger partial charge in [-0.2, -0.15) is 0 Å². The van der Waals surface area contributed by atoms with Crippen molar-refractivity contribution in [3.8, 4) is 0 Å². The molecule has 20 heavy (non-hydrogen) atoms. The van der Waals surface area contributed by atoms with Gasteiger partial charge in [0.2, 0.25) is 5.91 Å². The van der Waals surface area contributed by atoms with Crippen LogP contribution in [0.5, 0.6) is 0 Å². The number of rotatable bonds is 4. The predicted octanol–water partition coefficient (Wildman–Crippen LogP) is 2.07. The Hall–Kier alpha value is -1.39. The van der Waals surface area contributed by atoms with Crippen LogP contribution in [0.2, 0.25) is 0 Å². The molecule has 4 nitrogen and oxygen atoms in total. The van der Waals surface area contributed by atoms with Gasteiger partial charge in [-0.15, -0.1) is 0 Å². The molecule has 1 heterocycles. The Labute approximate surface area is 121 Å². The van der Waals surface area contributed by atoms with Gasteiger partial charge in [-0.3, -0.25) is 4.79 Å². The van der Waals surface area contributed by atoms with E-state index in [0.29, 0.717) is 12.0 Å². The predicted molar refractivity (Wildman–Crippen MR) is 82.7 cm³/mol. The smallest absolute Gasteiger partial charge is 0.221 e. The minimum atomic E-state index is -0.0230. The summed E-state index contributed by atoms with van der Waals surface area (Å²) in [7, 11) is 2.18. The normalized spacial score (nSPS) is 23.6. The van der Waals surface area contributed by atoms with E-state index in [9.17, 15) is 4.79 Å². The summed E-state index contributed by atoms with van der Waals surface area (Å²) in [5.74, 6) is 0.631. The molecule has 1 amide bonds. The quantitative estimate of drug-likeness (QED) is 0.884. The maximum Gasteiger partial charge on any atom is 0.221 e. The zero-order valence-electron chi connectivity index (χ0n) is 12.6. The van der Waals surface area contributed by atoms with Crippen LogP contribution in [0.1, 0.15) is 25.8 Å². The number of likely N-dealkylation sites (tertiary alicyclic amines) is 1. The first kappa shape index (κ1) is 15.0. The van der Waals surface area contributed by atoms with E-state index in [2.05, 4.69) is 35.6 Å². The SMILES string of the molecule is CC(=O)Nc1ccccc1CNC1CCN(C)CC1C. The van der Waals surface area contributed by atoms with Crippen LogP contribution in [0.3, 0.4) is 0 Å². The second kappa shape index (κ2) is 6.86. The Morgan fingerprint density at radius 3 is 2.85 bits per heavy atom. The lowest BCUT2D eigenvalue weighted by atomic mass is 9.94. The zero-order valence-corrected chi connectivity index (χ0v) is 12.6. The molecular weight excluding hydrogens is 250 g/mol. The van der Waals surface area contributed by atoms with Crippen LogP contribution in [0.15, 0.2) is 24.3 Å². The van der Waals surface area contributed by atoms with Crippen molar-refractivity contribution in [3.63, 3.8) is 0 Å². The molecule has 110 valence electrons. The van der Waals surface area contributed by atoms with Crippen LogP contribution in [0.4, 0.5) is 5.69 Å². The lowest BCUT2D eigenvalue weighted by Crippen LogP contribution is -2.46. The Morgan fingerprint density at radius 1 is 1.40 bits per heavy atom. The van der Waals surface area contributed by atoms with Crippen molar-refractivity contribution < 1.29 is 4.79 Å². The van der Waals surface area contributed by atoms with E-state index in [4.69, 9.17) is 0 Å². The Bertz CT molecular complexity index is 461. The first-order valence-corrected chi connectivity index (χ1v) is 7.33. The molecule has 4 heteroatoms. The van der Waals surface area contributed by atoms with Crippen molar-refractivity contribution in [2.75, 3.05) is 25.5 Å². The number of nitrogens with zero attached hydrogens (tertiary/aromatic N) is 1. The van der Waals surface area contributed by atoms with Crippen LogP contribution < -0.4 is 10.6 Å². The third kappa shape index (κ3) is 4.05. The van der Waals surface area contributed by atoms with Gasteiger partial charge < -0.3 is 15.5 Å². The maximum atomic E-state index is 11.2. The molecule has 0 radical (unpaired) electrons. The fourth-order valence-corrected chi connectivity index (χ4v) is 2.88. The molecule has 0 aliphatic carbocycles. The highest BCUT2D eigenvalue weighted by atomic mass is 16.1. The van der Waals surface area contributed by atoms with Crippen molar-refractivity contribution in [1.29, 1.82) is 0 Å². The number of anilines is 1. The summed E-state index contributed by atoms with van der Waals surface area (Å²) in [6.07, 6.45) is 1.18. The Kier molecular flexibility index (Phi) is 5.15. The van der Waals surface area contributed by atoms with Crippen molar-refractivity contribution in [2.24, 2.45) is 5.92 Å². The zero-order chi connectivity index (χ0) is 14.5. The minimum absolute atomic E-state index is 0.0230. The highest BCUT2D eigenvalue weighted by Crippen LogP contribution is 2.18. The molecule has 2 N–H and O–H groups in total. The maximum absolute atomic E-state index is 11.2. The van der Waals surface area contributed by atoms with E-state index in [-0.39, 0.29) is 5.91 Å². The topological polar surface area (TPSA) is 44.4 Å². The van der Waals surface area contributed by atoms with Crippen LogP contribution >= 0.6 is 0 Å². The van der Waals surface area contributed by atoms with Gasteiger partial charge in [-0.05, 0) is 37.6 Å². The number of carbonyl (C=O) groups excluding carboxylic acids is 1. The summed E-state index contributed by atoms with van der Waals surface area (Å²) in [5.41, 5.74) is 2.06. The summed E-state index contributed by atoms with van der Waals surface area (Å²) in [6, 6.07) is 8.54. The molecule has 0 spiro atoms. The van der Waals surface area contributed by atoms with E-state index in [1.807, 2.05) is 18.2 Å². The van der Waals surface area contributed by atoms with Gasteiger partial charge >= 0.3 is 0 Å². The van der Waals surface area contributed by atoms with Crippen molar-refractivity contribution >= 4 is 11.6 Å². The van der Waals surface area contributed by atoms with Crippen molar-refractivity contribution in [1.82, 2.24) is 10.2 Å². The average molecular weight is 275 g/mol. The van der Waals surface area contributed by atoms with Gasteiger partial charge in [0.25, 0.3) is 0 Å². The lowest BCUT2D eigenvalue weighted by molar-refractivity contribution is -0.114. The molecule has 1 aromatic carbocycles. The summed E-state index contributed by atoms with van der Waals surface area (Å²) < 4.78 is 0. The second-order valence-electron chi connectivity index (χ2n) is 5.85. The molecule has 0 bridgehead atoms. The van der Waals surface area contributed by atoms with E-state index in [1.54, 1.807) is 6.92 Å². The van der Waals surface area contributed by atoms with E-state index < -0.39 is 0 Å². The van der Waals surface area contributed by atoms with Gasteiger partial charge in [0.15, 0.2) is 0 Å².